The van der Waals surface area contributed by atoms with E-state index in [1.165, 1.54) is 21.1 Å². The van der Waals surface area contributed by atoms with Crippen molar-refractivity contribution in [3.8, 4) is 11.2 Å². The van der Waals surface area contributed by atoms with Gasteiger partial charge < -0.3 is 0 Å². The molecular formula is C8H3ClFIS. The largest absolute Gasteiger partial charge is 0.205 e. The number of benzene rings is 1. The number of hydrogen-bond acceptors (Lipinski definition) is 1. The van der Waals surface area contributed by atoms with Gasteiger partial charge in [-0.25, -0.2) is 4.39 Å². The van der Waals surface area contributed by atoms with Gasteiger partial charge in [0, 0.05) is 26.8 Å². The molecule has 0 atom stereocenters. The van der Waals surface area contributed by atoms with Crippen molar-refractivity contribution >= 4 is 41.7 Å². The normalized spacial score (nSPS) is 8.92. The molecule has 1 aromatic carbocycles. The molecule has 0 bridgehead atoms. The Kier molecular flexibility index (Phi) is 4.19. The van der Waals surface area contributed by atoms with E-state index in [9.17, 15) is 4.39 Å². The molecule has 0 saturated carbocycles. The second-order valence-corrected chi connectivity index (χ2v) is 4.02. The van der Waals surface area contributed by atoms with E-state index in [2.05, 4.69) is 32.4 Å². The van der Waals surface area contributed by atoms with Crippen LogP contribution in [0.4, 0.5) is 4.39 Å². The first-order valence-corrected chi connectivity index (χ1v) is 6.71. The lowest BCUT2D eigenvalue weighted by atomic mass is 10.2. The first-order valence-electron chi connectivity index (χ1n) is 2.97. The molecule has 0 nitrogen and oxygen atoms in total. The zero-order chi connectivity index (χ0) is 8.97. The first-order chi connectivity index (χ1) is 5.74. The zero-order valence-electron chi connectivity index (χ0n) is 5.77. The van der Waals surface area contributed by atoms with Crippen molar-refractivity contribution in [2.75, 3.05) is 0 Å². The van der Waals surface area contributed by atoms with Gasteiger partial charge in [0.1, 0.15) is 5.82 Å². The fourth-order valence-electron chi connectivity index (χ4n) is 0.652. The standard InChI is InChI=1S/C8H3ClFIS/c9-7-2-1-6(3-4-12-11)5-8(7)10/h1-2,5H. The Morgan fingerprint density at radius 3 is 2.83 bits per heavy atom. The van der Waals surface area contributed by atoms with Crippen LogP contribution in [-0.2, 0) is 0 Å². The van der Waals surface area contributed by atoms with Crippen LogP contribution in [0.2, 0.25) is 5.02 Å². The summed E-state index contributed by atoms with van der Waals surface area (Å²) in [6.45, 7) is 0. The molecule has 0 heterocycles. The van der Waals surface area contributed by atoms with Crippen molar-refractivity contribution < 1.29 is 4.39 Å². The lowest BCUT2D eigenvalue weighted by Gasteiger charge is -1.92. The average molecular weight is 313 g/mol. The number of hydrogen-bond donors (Lipinski definition) is 0. The first kappa shape index (κ1) is 10.2. The molecule has 4 heteroatoms. The predicted octanol–water partition coefficient (Wildman–Crippen LogP) is 3.87. The molecule has 1 rings (SSSR count). The van der Waals surface area contributed by atoms with Crippen molar-refractivity contribution in [2.45, 2.75) is 0 Å². The van der Waals surface area contributed by atoms with E-state index in [4.69, 9.17) is 11.6 Å². The highest BCUT2D eigenvalue weighted by Gasteiger charge is 1.97. The molecular weight excluding hydrogens is 310 g/mol. The Hall–Kier alpha value is 0.0800. The van der Waals surface area contributed by atoms with E-state index in [1.807, 2.05) is 0 Å². The lowest BCUT2D eigenvalue weighted by molar-refractivity contribution is 0.628. The Morgan fingerprint density at radius 1 is 1.50 bits per heavy atom. The van der Waals surface area contributed by atoms with Crippen LogP contribution in [0.3, 0.4) is 0 Å². The van der Waals surface area contributed by atoms with Crippen LogP contribution in [0.15, 0.2) is 18.2 Å². The van der Waals surface area contributed by atoms with E-state index in [0.29, 0.717) is 5.56 Å². The van der Waals surface area contributed by atoms with Crippen LogP contribution < -0.4 is 0 Å². The zero-order valence-corrected chi connectivity index (χ0v) is 9.50. The maximum Gasteiger partial charge on any atom is 0.143 e. The third-order valence-corrected chi connectivity index (χ3v) is 2.30. The molecule has 0 aliphatic carbocycles. The third-order valence-electron chi connectivity index (χ3n) is 1.15. The third kappa shape index (κ3) is 2.85. The maximum atomic E-state index is 12.8. The van der Waals surface area contributed by atoms with Gasteiger partial charge in [0.2, 0.25) is 0 Å². The molecule has 0 N–H and O–H groups in total. The van der Waals surface area contributed by atoms with Crippen LogP contribution in [0, 0.1) is 17.0 Å². The van der Waals surface area contributed by atoms with Crippen molar-refractivity contribution in [2.24, 2.45) is 0 Å². The van der Waals surface area contributed by atoms with Crippen molar-refractivity contribution in [3.63, 3.8) is 0 Å². The summed E-state index contributed by atoms with van der Waals surface area (Å²) in [4.78, 5) is 0. The molecule has 0 amide bonds. The Bertz CT molecular complexity index is 343. The molecule has 0 radical (unpaired) electrons. The fourth-order valence-corrected chi connectivity index (χ4v) is 1.26. The Morgan fingerprint density at radius 2 is 2.25 bits per heavy atom. The van der Waals surface area contributed by atoms with Gasteiger partial charge in [-0.05, 0) is 32.4 Å². The van der Waals surface area contributed by atoms with Gasteiger partial charge in [0.25, 0.3) is 0 Å². The maximum absolute atomic E-state index is 12.8. The summed E-state index contributed by atoms with van der Waals surface area (Å²) in [5.74, 6) is 2.34. The topological polar surface area (TPSA) is 0 Å². The van der Waals surface area contributed by atoms with Gasteiger partial charge in [-0.15, -0.1) is 0 Å². The highest BCUT2D eigenvalue weighted by molar-refractivity contribution is 14.2. The van der Waals surface area contributed by atoms with Crippen molar-refractivity contribution in [1.82, 2.24) is 0 Å². The van der Waals surface area contributed by atoms with Gasteiger partial charge in [0.05, 0.1) is 5.02 Å². The molecule has 0 fully saturated rings. The molecule has 0 aliphatic heterocycles. The van der Waals surface area contributed by atoms with Gasteiger partial charge in [0.15, 0.2) is 0 Å². The molecule has 0 aliphatic rings. The summed E-state index contributed by atoms with van der Waals surface area (Å²) < 4.78 is 12.8. The van der Waals surface area contributed by atoms with E-state index >= 15 is 0 Å². The van der Waals surface area contributed by atoms with Crippen LogP contribution >= 0.6 is 41.7 Å². The molecule has 0 aromatic heterocycles. The summed E-state index contributed by atoms with van der Waals surface area (Å²) in [6.07, 6.45) is 0. The van der Waals surface area contributed by atoms with Gasteiger partial charge in [-0.3, -0.25) is 0 Å². The minimum absolute atomic E-state index is 0.127. The molecule has 12 heavy (non-hydrogen) atoms. The monoisotopic (exact) mass is 312 g/mol. The number of halogens is 3. The lowest BCUT2D eigenvalue weighted by Crippen LogP contribution is -1.78. The molecule has 1 aromatic rings. The van der Waals surface area contributed by atoms with Crippen molar-refractivity contribution in [3.05, 3.63) is 34.6 Å². The summed E-state index contributed by atoms with van der Waals surface area (Å²) >= 11 is 7.54. The molecule has 0 saturated heterocycles. The summed E-state index contributed by atoms with van der Waals surface area (Å²) in [7, 11) is 1.36. The Labute approximate surface area is 91.5 Å². The van der Waals surface area contributed by atoms with Crippen LogP contribution in [0.25, 0.3) is 0 Å². The Balaban J connectivity index is 2.97. The average Bonchev–Trinajstić information content (AvgIpc) is 2.07. The van der Waals surface area contributed by atoms with Crippen molar-refractivity contribution in [1.29, 1.82) is 0 Å². The quantitative estimate of drug-likeness (QED) is 0.517. The minimum Gasteiger partial charge on any atom is -0.205 e. The smallest absolute Gasteiger partial charge is 0.143 e. The highest BCUT2D eigenvalue weighted by atomic mass is 127. The van der Waals surface area contributed by atoms with E-state index in [0.717, 1.165) is 0 Å². The fraction of sp³-hybridized carbons (Fsp3) is 0. The number of rotatable bonds is 0. The van der Waals surface area contributed by atoms with Gasteiger partial charge in [-0.2, -0.15) is 0 Å². The van der Waals surface area contributed by atoms with Crippen LogP contribution in [0.1, 0.15) is 5.56 Å². The molecule has 0 spiro atoms. The van der Waals surface area contributed by atoms with Crippen LogP contribution in [0.5, 0.6) is 0 Å². The molecule has 0 unspecified atom stereocenters. The summed E-state index contributed by atoms with van der Waals surface area (Å²) in [5, 5.41) is 2.88. The van der Waals surface area contributed by atoms with Gasteiger partial charge >= 0.3 is 0 Å². The van der Waals surface area contributed by atoms with Crippen LogP contribution in [-0.4, -0.2) is 0 Å². The van der Waals surface area contributed by atoms with E-state index in [-0.39, 0.29) is 5.02 Å². The van der Waals surface area contributed by atoms with E-state index in [1.54, 1.807) is 6.07 Å². The highest BCUT2D eigenvalue weighted by Crippen LogP contribution is 2.15. The second kappa shape index (κ2) is 4.95. The summed E-state index contributed by atoms with van der Waals surface area (Å²) in [5.41, 5.74) is 0.640. The minimum atomic E-state index is -0.429. The van der Waals surface area contributed by atoms with Gasteiger partial charge in [-0.1, -0.05) is 17.5 Å². The van der Waals surface area contributed by atoms with E-state index < -0.39 is 5.82 Å². The predicted molar refractivity (Wildman–Crippen MR) is 59.9 cm³/mol. The molecule has 62 valence electrons. The SMILES string of the molecule is Fc1cc(C#CSI)ccc1Cl. The second-order valence-electron chi connectivity index (χ2n) is 1.93. The summed E-state index contributed by atoms with van der Waals surface area (Å²) in [6, 6.07) is 4.51.